The highest BCUT2D eigenvalue weighted by Gasteiger charge is 2.12. The zero-order chi connectivity index (χ0) is 17.2. The topological polar surface area (TPSA) is 58.4 Å². The number of aromatic nitrogens is 2. The van der Waals surface area contributed by atoms with E-state index in [1.165, 1.54) is 0 Å². The van der Waals surface area contributed by atoms with Crippen molar-refractivity contribution in [2.45, 2.75) is 0 Å². The van der Waals surface area contributed by atoms with Crippen molar-refractivity contribution in [1.29, 1.82) is 0 Å². The van der Waals surface area contributed by atoms with Crippen molar-refractivity contribution in [2.24, 2.45) is 0 Å². The first-order valence-corrected chi connectivity index (χ1v) is 8.80. The Bertz CT molecular complexity index is 1010. The summed E-state index contributed by atoms with van der Waals surface area (Å²) in [6.45, 7) is 0. The van der Waals surface area contributed by atoms with E-state index in [-0.39, 0.29) is 6.03 Å². The van der Waals surface area contributed by atoms with Gasteiger partial charge in [-0.3, -0.25) is 4.40 Å². The maximum absolute atomic E-state index is 12.3. The highest BCUT2D eigenvalue weighted by Crippen LogP contribution is 2.28. The molecule has 4 rings (SSSR count). The Labute approximate surface area is 152 Å². The minimum atomic E-state index is -0.323. The second-order valence-electron chi connectivity index (χ2n) is 5.35. The van der Waals surface area contributed by atoms with Gasteiger partial charge in [-0.1, -0.05) is 29.8 Å². The number of halogens is 1. The van der Waals surface area contributed by atoms with Crippen LogP contribution in [0.1, 0.15) is 0 Å². The molecule has 0 radical (unpaired) electrons. The summed E-state index contributed by atoms with van der Waals surface area (Å²) in [5.41, 5.74) is 3.04. The zero-order valence-electron chi connectivity index (χ0n) is 12.9. The number of urea groups is 1. The maximum atomic E-state index is 12.3. The van der Waals surface area contributed by atoms with Gasteiger partial charge in [0, 0.05) is 34.0 Å². The Balaban J connectivity index is 1.57. The van der Waals surface area contributed by atoms with Gasteiger partial charge < -0.3 is 10.6 Å². The maximum Gasteiger partial charge on any atom is 0.323 e. The standard InChI is InChI=1S/C18H13ClN4OS/c19-12-5-7-13(8-6-12)20-17(24)21-15-4-2-1-3-14(15)16-11-23-9-10-25-18(23)22-16/h1-11H,(H2,20,21,24). The Kier molecular flexibility index (Phi) is 4.13. The molecule has 2 heterocycles. The fraction of sp³-hybridized carbons (Fsp3) is 0. The van der Waals surface area contributed by atoms with E-state index in [0.29, 0.717) is 16.4 Å². The van der Waals surface area contributed by atoms with E-state index >= 15 is 0 Å². The number of carbonyl (C=O) groups excluding carboxylic acids is 1. The lowest BCUT2D eigenvalue weighted by molar-refractivity contribution is 0.262. The van der Waals surface area contributed by atoms with Crippen LogP contribution in [0.2, 0.25) is 5.02 Å². The predicted octanol–water partition coefficient (Wildman–Crippen LogP) is 5.36. The van der Waals surface area contributed by atoms with Crippen molar-refractivity contribution < 1.29 is 4.79 Å². The van der Waals surface area contributed by atoms with E-state index in [9.17, 15) is 4.79 Å². The first-order valence-electron chi connectivity index (χ1n) is 7.54. The molecule has 0 bridgehead atoms. The summed E-state index contributed by atoms with van der Waals surface area (Å²) in [7, 11) is 0. The average Bonchev–Trinajstić information content (AvgIpc) is 3.19. The molecule has 0 unspecified atom stereocenters. The molecule has 0 saturated heterocycles. The second-order valence-corrected chi connectivity index (χ2v) is 6.66. The van der Waals surface area contributed by atoms with E-state index < -0.39 is 0 Å². The number of para-hydroxylation sites is 1. The molecule has 0 spiro atoms. The summed E-state index contributed by atoms with van der Waals surface area (Å²) in [4.78, 5) is 17.8. The molecule has 0 saturated carbocycles. The molecule has 25 heavy (non-hydrogen) atoms. The van der Waals surface area contributed by atoms with Crippen molar-refractivity contribution in [1.82, 2.24) is 9.38 Å². The lowest BCUT2D eigenvalue weighted by atomic mass is 10.1. The Morgan fingerprint density at radius 2 is 1.88 bits per heavy atom. The number of imidazole rings is 1. The van der Waals surface area contributed by atoms with Gasteiger partial charge in [0.25, 0.3) is 0 Å². The molecule has 0 atom stereocenters. The van der Waals surface area contributed by atoms with E-state index in [4.69, 9.17) is 11.6 Å². The van der Waals surface area contributed by atoms with Gasteiger partial charge in [0.05, 0.1) is 11.4 Å². The van der Waals surface area contributed by atoms with E-state index in [1.807, 2.05) is 46.4 Å². The molecule has 7 heteroatoms. The van der Waals surface area contributed by atoms with Crippen LogP contribution < -0.4 is 10.6 Å². The van der Waals surface area contributed by atoms with Crippen molar-refractivity contribution >= 4 is 45.3 Å². The number of nitrogens with one attached hydrogen (secondary N) is 2. The summed E-state index contributed by atoms with van der Waals surface area (Å²) in [6, 6.07) is 14.2. The van der Waals surface area contributed by atoms with Crippen molar-refractivity contribution in [3.8, 4) is 11.3 Å². The molecule has 124 valence electrons. The Morgan fingerprint density at radius 1 is 1.08 bits per heavy atom. The number of anilines is 2. The summed E-state index contributed by atoms with van der Waals surface area (Å²) >= 11 is 7.42. The molecule has 0 aliphatic carbocycles. The van der Waals surface area contributed by atoms with Gasteiger partial charge in [-0.2, -0.15) is 0 Å². The van der Waals surface area contributed by atoms with E-state index in [1.54, 1.807) is 35.6 Å². The van der Waals surface area contributed by atoms with Crippen molar-refractivity contribution in [3.63, 3.8) is 0 Å². The number of nitrogens with zero attached hydrogens (tertiary/aromatic N) is 2. The minimum absolute atomic E-state index is 0.323. The van der Waals surface area contributed by atoms with Crippen LogP contribution in [0.15, 0.2) is 66.3 Å². The Hall–Kier alpha value is -2.83. The quantitative estimate of drug-likeness (QED) is 0.511. The molecular formula is C18H13ClN4OS. The molecule has 2 N–H and O–H groups in total. The first-order chi connectivity index (χ1) is 12.2. The van der Waals surface area contributed by atoms with Crippen LogP contribution in [0.4, 0.5) is 16.2 Å². The van der Waals surface area contributed by atoms with E-state index in [0.717, 1.165) is 16.2 Å². The normalized spacial score (nSPS) is 10.8. The van der Waals surface area contributed by atoms with Crippen LogP contribution in [0, 0.1) is 0 Å². The fourth-order valence-corrected chi connectivity index (χ4v) is 3.32. The molecule has 2 aromatic heterocycles. The number of hydrogen-bond acceptors (Lipinski definition) is 3. The molecule has 0 aliphatic rings. The van der Waals surface area contributed by atoms with Crippen LogP contribution in [0.3, 0.4) is 0 Å². The summed E-state index contributed by atoms with van der Waals surface area (Å²) < 4.78 is 1.96. The highest BCUT2D eigenvalue weighted by atomic mass is 35.5. The molecule has 2 amide bonds. The molecule has 4 aromatic rings. The van der Waals surface area contributed by atoms with Crippen LogP contribution in [-0.2, 0) is 0 Å². The summed E-state index contributed by atoms with van der Waals surface area (Å²) in [5, 5.41) is 8.27. The highest BCUT2D eigenvalue weighted by molar-refractivity contribution is 7.15. The number of carbonyl (C=O) groups is 1. The molecule has 0 fully saturated rings. The van der Waals surface area contributed by atoms with Gasteiger partial charge in [0.2, 0.25) is 0 Å². The first kappa shape index (κ1) is 15.7. The SMILES string of the molecule is O=C(Nc1ccc(Cl)cc1)Nc1ccccc1-c1cn2ccsc2n1. The van der Waals surface area contributed by atoms with Gasteiger partial charge in [-0.05, 0) is 30.3 Å². The second kappa shape index (κ2) is 6.58. The molecule has 0 aliphatic heterocycles. The monoisotopic (exact) mass is 368 g/mol. The van der Waals surface area contributed by atoms with Crippen LogP contribution >= 0.6 is 22.9 Å². The number of benzene rings is 2. The van der Waals surface area contributed by atoms with E-state index in [2.05, 4.69) is 15.6 Å². The van der Waals surface area contributed by atoms with Crippen LogP contribution in [-0.4, -0.2) is 15.4 Å². The zero-order valence-corrected chi connectivity index (χ0v) is 14.5. The third kappa shape index (κ3) is 3.35. The number of fused-ring (bicyclic) bond motifs is 1. The molecule has 2 aromatic carbocycles. The smallest absolute Gasteiger partial charge is 0.308 e. The number of thiazole rings is 1. The van der Waals surface area contributed by atoms with Gasteiger partial charge in [-0.25, -0.2) is 9.78 Å². The molecular weight excluding hydrogens is 356 g/mol. The van der Waals surface area contributed by atoms with Gasteiger partial charge in [0.15, 0.2) is 4.96 Å². The number of rotatable bonds is 3. The number of hydrogen-bond donors (Lipinski definition) is 2. The third-order valence-corrected chi connectivity index (χ3v) is 4.67. The van der Waals surface area contributed by atoms with Crippen molar-refractivity contribution in [3.05, 3.63) is 71.3 Å². The van der Waals surface area contributed by atoms with Crippen LogP contribution in [0.5, 0.6) is 0 Å². The van der Waals surface area contributed by atoms with Gasteiger partial charge in [0.1, 0.15) is 0 Å². The largest absolute Gasteiger partial charge is 0.323 e. The van der Waals surface area contributed by atoms with Gasteiger partial charge in [-0.15, -0.1) is 11.3 Å². The Morgan fingerprint density at radius 3 is 2.68 bits per heavy atom. The molecule has 5 nitrogen and oxygen atoms in total. The van der Waals surface area contributed by atoms with Crippen molar-refractivity contribution in [2.75, 3.05) is 10.6 Å². The lowest BCUT2D eigenvalue weighted by Gasteiger charge is -2.11. The fourth-order valence-electron chi connectivity index (χ4n) is 2.49. The number of amides is 2. The third-order valence-electron chi connectivity index (χ3n) is 3.65. The summed E-state index contributed by atoms with van der Waals surface area (Å²) in [5.74, 6) is 0. The predicted molar refractivity (Wildman–Crippen MR) is 103 cm³/mol. The minimum Gasteiger partial charge on any atom is -0.308 e. The van der Waals surface area contributed by atoms with Gasteiger partial charge >= 0.3 is 6.03 Å². The summed E-state index contributed by atoms with van der Waals surface area (Å²) in [6.07, 6.45) is 3.91. The lowest BCUT2D eigenvalue weighted by Crippen LogP contribution is -2.19. The average molecular weight is 369 g/mol. The van der Waals surface area contributed by atoms with Crippen LogP contribution in [0.25, 0.3) is 16.2 Å².